The van der Waals surface area contributed by atoms with Gasteiger partial charge in [-0.3, -0.25) is 15.0 Å². The second-order valence-corrected chi connectivity index (χ2v) is 6.05. The van der Waals surface area contributed by atoms with E-state index < -0.39 is 0 Å². The van der Waals surface area contributed by atoms with Gasteiger partial charge in [0.1, 0.15) is 0 Å². The van der Waals surface area contributed by atoms with Crippen LogP contribution in [0, 0.1) is 10.1 Å². The van der Waals surface area contributed by atoms with Gasteiger partial charge in [0.25, 0.3) is 5.69 Å². The Morgan fingerprint density at radius 1 is 1.42 bits per heavy atom. The molecule has 0 amide bonds. The molecule has 6 heteroatoms. The van der Waals surface area contributed by atoms with Crippen LogP contribution in [0.1, 0.15) is 19.4 Å². The predicted octanol–water partition coefficient (Wildman–Crippen LogP) is 2.54. The number of hydrogen-bond donors (Lipinski definition) is 1. The lowest BCUT2D eigenvalue weighted by molar-refractivity contribution is -0.384. The van der Waals surface area contributed by atoms with Crippen LogP contribution in [-0.2, 0) is 6.54 Å². The third kappa shape index (κ3) is 3.75. The van der Waals surface area contributed by atoms with E-state index in [-0.39, 0.29) is 10.6 Å². The number of halogens is 1. The summed E-state index contributed by atoms with van der Waals surface area (Å²) in [5.74, 6) is 0. The van der Waals surface area contributed by atoms with Gasteiger partial charge in [0.05, 0.1) is 4.92 Å². The highest BCUT2D eigenvalue weighted by atomic mass is 79.9. The third-order valence-corrected chi connectivity index (χ3v) is 4.01. The second kappa shape index (κ2) is 5.98. The number of piperazine rings is 1. The average Bonchev–Trinajstić information content (AvgIpc) is 2.30. The van der Waals surface area contributed by atoms with Crippen molar-refractivity contribution in [3.8, 4) is 0 Å². The number of rotatable bonds is 3. The molecule has 1 aliphatic rings. The van der Waals surface area contributed by atoms with Gasteiger partial charge in [0.2, 0.25) is 0 Å². The highest BCUT2D eigenvalue weighted by Crippen LogP contribution is 2.24. The van der Waals surface area contributed by atoms with Crippen LogP contribution in [0.15, 0.2) is 22.7 Å². The number of hydrogen-bond acceptors (Lipinski definition) is 4. The van der Waals surface area contributed by atoms with Gasteiger partial charge in [-0.05, 0) is 25.5 Å². The van der Waals surface area contributed by atoms with E-state index in [1.165, 1.54) is 0 Å². The van der Waals surface area contributed by atoms with E-state index in [2.05, 4.69) is 40.0 Å². The molecule has 1 N–H and O–H groups in total. The van der Waals surface area contributed by atoms with E-state index in [9.17, 15) is 10.1 Å². The lowest BCUT2D eigenvalue weighted by Crippen LogP contribution is -2.53. The summed E-state index contributed by atoms with van der Waals surface area (Å²) >= 11 is 3.43. The monoisotopic (exact) mass is 327 g/mol. The molecular formula is C13H18BrN3O2. The lowest BCUT2D eigenvalue weighted by atomic mass is 10.1. The Labute approximate surface area is 121 Å². The van der Waals surface area contributed by atoms with Gasteiger partial charge in [-0.15, -0.1) is 0 Å². The molecule has 1 aliphatic heterocycles. The minimum atomic E-state index is -0.372. The van der Waals surface area contributed by atoms with Crippen LogP contribution in [0.4, 0.5) is 5.69 Å². The van der Waals surface area contributed by atoms with Crippen molar-refractivity contribution in [2.45, 2.75) is 32.5 Å². The normalized spacial score (nSPS) is 24.4. The van der Waals surface area contributed by atoms with Crippen molar-refractivity contribution in [3.63, 3.8) is 0 Å². The fourth-order valence-corrected chi connectivity index (χ4v) is 3.08. The first-order valence-corrected chi connectivity index (χ1v) is 7.16. The Kier molecular flexibility index (Phi) is 4.54. The number of non-ortho nitro benzene ring substituents is 1. The first kappa shape index (κ1) is 14.4. The van der Waals surface area contributed by atoms with Gasteiger partial charge in [-0.1, -0.05) is 15.9 Å². The Balaban J connectivity index is 2.08. The molecule has 1 heterocycles. The molecule has 1 saturated heterocycles. The van der Waals surface area contributed by atoms with Crippen molar-refractivity contribution in [1.82, 2.24) is 10.2 Å². The molecule has 2 atom stereocenters. The van der Waals surface area contributed by atoms with Crippen LogP contribution in [0.5, 0.6) is 0 Å². The highest BCUT2D eigenvalue weighted by Gasteiger charge is 2.21. The Bertz CT molecular complexity index is 471. The Morgan fingerprint density at radius 3 is 2.58 bits per heavy atom. The van der Waals surface area contributed by atoms with Crippen LogP contribution in [0.3, 0.4) is 0 Å². The molecule has 19 heavy (non-hydrogen) atoms. The van der Waals surface area contributed by atoms with Gasteiger partial charge < -0.3 is 5.32 Å². The molecule has 0 aromatic heterocycles. The molecule has 2 unspecified atom stereocenters. The molecule has 1 aromatic rings. The predicted molar refractivity (Wildman–Crippen MR) is 78.1 cm³/mol. The number of benzene rings is 1. The van der Waals surface area contributed by atoms with Crippen LogP contribution < -0.4 is 5.32 Å². The number of nitrogens with one attached hydrogen (secondary N) is 1. The fraction of sp³-hybridized carbons (Fsp3) is 0.538. The zero-order valence-corrected chi connectivity index (χ0v) is 12.7. The van der Waals surface area contributed by atoms with Crippen LogP contribution in [0.25, 0.3) is 0 Å². The van der Waals surface area contributed by atoms with Crippen molar-refractivity contribution in [3.05, 3.63) is 38.3 Å². The summed E-state index contributed by atoms with van der Waals surface area (Å²) in [6, 6.07) is 5.92. The average molecular weight is 328 g/mol. The molecule has 104 valence electrons. The summed E-state index contributed by atoms with van der Waals surface area (Å²) in [6.45, 7) is 7.15. The summed E-state index contributed by atoms with van der Waals surface area (Å²) in [4.78, 5) is 12.7. The van der Waals surface area contributed by atoms with E-state index in [4.69, 9.17) is 0 Å². The van der Waals surface area contributed by atoms with E-state index in [1.54, 1.807) is 12.1 Å². The van der Waals surface area contributed by atoms with Crippen molar-refractivity contribution >= 4 is 21.6 Å². The van der Waals surface area contributed by atoms with E-state index in [0.717, 1.165) is 29.7 Å². The molecule has 5 nitrogen and oxygen atoms in total. The van der Waals surface area contributed by atoms with Crippen molar-refractivity contribution in [1.29, 1.82) is 0 Å². The maximum absolute atomic E-state index is 10.7. The third-order valence-electron chi connectivity index (χ3n) is 3.27. The summed E-state index contributed by atoms with van der Waals surface area (Å²) in [7, 11) is 0. The van der Waals surface area contributed by atoms with Gasteiger partial charge in [0, 0.05) is 48.3 Å². The summed E-state index contributed by atoms with van der Waals surface area (Å²) in [5.41, 5.74) is 1.21. The maximum atomic E-state index is 10.7. The van der Waals surface area contributed by atoms with Gasteiger partial charge >= 0.3 is 0 Å². The zero-order valence-electron chi connectivity index (χ0n) is 11.1. The van der Waals surface area contributed by atoms with Crippen LogP contribution in [-0.4, -0.2) is 35.0 Å². The van der Waals surface area contributed by atoms with E-state index in [0.29, 0.717) is 12.1 Å². The lowest BCUT2D eigenvalue weighted by Gasteiger charge is -2.36. The molecule has 0 radical (unpaired) electrons. The minimum Gasteiger partial charge on any atom is -0.309 e. The summed E-state index contributed by atoms with van der Waals surface area (Å²) in [5, 5.41) is 14.2. The standard InChI is InChI=1S/C13H18BrN3O2/c1-9-6-16(7-10(2)15-9)8-11-3-4-12(17(18)19)5-13(11)14/h3-5,9-10,15H,6-8H2,1-2H3. The molecule has 0 aliphatic carbocycles. The molecule has 1 fully saturated rings. The molecule has 1 aromatic carbocycles. The van der Waals surface area contributed by atoms with Gasteiger partial charge in [-0.2, -0.15) is 0 Å². The molecule has 0 spiro atoms. The molecule has 0 bridgehead atoms. The smallest absolute Gasteiger partial charge is 0.270 e. The SMILES string of the molecule is CC1CN(Cc2ccc([N+](=O)[O-])cc2Br)CC(C)N1. The molecule has 0 saturated carbocycles. The maximum Gasteiger partial charge on any atom is 0.270 e. The van der Waals surface area contributed by atoms with Crippen molar-refractivity contribution in [2.24, 2.45) is 0 Å². The van der Waals surface area contributed by atoms with Crippen molar-refractivity contribution < 1.29 is 4.92 Å². The second-order valence-electron chi connectivity index (χ2n) is 5.20. The Hall–Kier alpha value is -0.980. The van der Waals surface area contributed by atoms with E-state index in [1.807, 2.05) is 6.07 Å². The molecular weight excluding hydrogens is 310 g/mol. The molecule has 2 rings (SSSR count). The van der Waals surface area contributed by atoms with Gasteiger partial charge in [-0.25, -0.2) is 0 Å². The largest absolute Gasteiger partial charge is 0.309 e. The summed E-state index contributed by atoms with van der Waals surface area (Å²) < 4.78 is 0.806. The van der Waals surface area contributed by atoms with Crippen molar-refractivity contribution in [2.75, 3.05) is 13.1 Å². The topological polar surface area (TPSA) is 58.4 Å². The van der Waals surface area contributed by atoms with Crippen LogP contribution >= 0.6 is 15.9 Å². The number of nitro benzene ring substituents is 1. The first-order valence-electron chi connectivity index (χ1n) is 6.37. The quantitative estimate of drug-likeness (QED) is 0.684. The minimum absolute atomic E-state index is 0.123. The van der Waals surface area contributed by atoms with E-state index >= 15 is 0 Å². The fourth-order valence-electron chi connectivity index (χ4n) is 2.59. The van der Waals surface area contributed by atoms with Crippen LogP contribution in [0.2, 0.25) is 0 Å². The number of nitro groups is 1. The highest BCUT2D eigenvalue weighted by molar-refractivity contribution is 9.10. The number of nitrogens with zero attached hydrogens (tertiary/aromatic N) is 2. The first-order chi connectivity index (χ1) is 8.95. The Morgan fingerprint density at radius 2 is 2.05 bits per heavy atom. The summed E-state index contributed by atoms with van der Waals surface area (Å²) in [6.07, 6.45) is 0. The van der Waals surface area contributed by atoms with Gasteiger partial charge in [0.15, 0.2) is 0 Å². The zero-order chi connectivity index (χ0) is 14.0.